The summed E-state index contributed by atoms with van der Waals surface area (Å²) in [6.07, 6.45) is 5.37. The van der Waals surface area contributed by atoms with E-state index >= 15 is 0 Å². The van der Waals surface area contributed by atoms with Crippen LogP contribution in [-0.4, -0.2) is 35.0 Å². The fraction of sp³-hybridized carbons (Fsp3) is 0.333. The molecule has 3 aromatic carbocycles. The van der Waals surface area contributed by atoms with Crippen LogP contribution >= 0.6 is 0 Å². The molecule has 3 saturated heterocycles. The summed E-state index contributed by atoms with van der Waals surface area (Å²) < 4.78 is 6.42. The van der Waals surface area contributed by atoms with Gasteiger partial charge in [-0.2, -0.15) is 0 Å². The number of hydrogen-bond donors (Lipinski definition) is 0. The van der Waals surface area contributed by atoms with Gasteiger partial charge >= 0.3 is 5.97 Å². The molecule has 0 N–H and O–H groups in total. The van der Waals surface area contributed by atoms with E-state index in [4.69, 9.17) is 4.74 Å². The van der Waals surface area contributed by atoms with Gasteiger partial charge in [0.25, 0.3) is 0 Å². The van der Waals surface area contributed by atoms with Crippen molar-refractivity contribution in [3.05, 3.63) is 102 Å². The number of carbonyl (C=O) groups excluding carboxylic acids is 1. The number of carbonyl (C=O) groups is 1. The fourth-order valence-corrected chi connectivity index (χ4v) is 6.47. The summed E-state index contributed by atoms with van der Waals surface area (Å²) in [5.41, 5.74) is 5.31. The molecule has 1 aromatic heterocycles. The van der Waals surface area contributed by atoms with Gasteiger partial charge in [-0.1, -0.05) is 86.1 Å². The van der Waals surface area contributed by atoms with Crippen LogP contribution in [0.2, 0.25) is 0 Å². The van der Waals surface area contributed by atoms with E-state index in [2.05, 4.69) is 53.2 Å². The molecule has 0 spiro atoms. The van der Waals surface area contributed by atoms with Crippen LogP contribution in [0.1, 0.15) is 43.4 Å². The number of ether oxygens (including phenoxy) is 1. The van der Waals surface area contributed by atoms with Gasteiger partial charge in [-0.25, -0.2) is 0 Å². The summed E-state index contributed by atoms with van der Waals surface area (Å²) in [6.45, 7) is 4.49. The maximum Gasteiger partial charge on any atom is 0.310 e. The van der Waals surface area contributed by atoms with Crippen molar-refractivity contribution in [3.8, 4) is 11.1 Å². The molecule has 0 aliphatic carbocycles. The number of aromatic nitrogens is 1. The quantitative estimate of drug-likeness (QED) is 0.266. The van der Waals surface area contributed by atoms with E-state index in [9.17, 15) is 4.79 Å². The molecule has 0 radical (unpaired) electrons. The molecule has 3 aliphatic rings. The second-order valence-electron chi connectivity index (χ2n) is 10.6. The van der Waals surface area contributed by atoms with Gasteiger partial charge in [0.05, 0.1) is 18.0 Å². The zero-order valence-electron chi connectivity index (χ0n) is 21.4. The third kappa shape index (κ3) is 4.91. The van der Waals surface area contributed by atoms with Crippen LogP contribution in [0.5, 0.6) is 0 Å². The first-order valence-electron chi connectivity index (χ1n) is 13.6. The standard InChI is InChI=1S/C33H34N2O2/c1-2-24-22-35-19-17-27(24)21-31(35)33(29-16-18-34-30-11-7-6-10-28(29)30)37-32(36)20-23-12-14-26(15-13-23)25-8-4-3-5-9-25/h3-16,18,24,27,31,33H,2,17,19-22H2,1H3/t24-,27+,31+,33-/m0/s1. The molecule has 188 valence electrons. The average Bonchev–Trinajstić information content (AvgIpc) is 2.96. The molecule has 4 aromatic rings. The Hall–Kier alpha value is -3.50. The number of esters is 1. The predicted octanol–water partition coefficient (Wildman–Crippen LogP) is 6.85. The van der Waals surface area contributed by atoms with Gasteiger partial charge in [0.2, 0.25) is 0 Å². The summed E-state index contributed by atoms with van der Waals surface area (Å²) in [5.74, 6) is 1.28. The second kappa shape index (κ2) is 10.5. The first-order valence-corrected chi connectivity index (χ1v) is 13.6. The number of rotatable bonds is 7. The highest BCUT2D eigenvalue weighted by molar-refractivity contribution is 5.83. The van der Waals surface area contributed by atoms with Gasteiger partial charge in [-0.3, -0.25) is 14.7 Å². The molecule has 4 nitrogen and oxygen atoms in total. The molecule has 4 heterocycles. The number of nitrogens with zero attached hydrogens (tertiary/aromatic N) is 2. The summed E-state index contributed by atoms with van der Waals surface area (Å²) in [4.78, 5) is 20.5. The van der Waals surface area contributed by atoms with Crippen molar-refractivity contribution in [2.24, 2.45) is 11.8 Å². The van der Waals surface area contributed by atoms with Gasteiger partial charge in [-0.15, -0.1) is 0 Å². The lowest BCUT2D eigenvalue weighted by atomic mass is 9.72. The minimum atomic E-state index is -0.301. The molecule has 0 saturated carbocycles. The van der Waals surface area contributed by atoms with Gasteiger partial charge in [0.15, 0.2) is 0 Å². The normalized spacial score (nSPS) is 23.6. The Morgan fingerprint density at radius 2 is 1.73 bits per heavy atom. The highest BCUT2D eigenvalue weighted by atomic mass is 16.5. The predicted molar refractivity (Wildman–Crippen MR) is 148 cm³/mol. The summed E-state index contributed by atoms with van der Waals surface area (Å²) in [7, 11) is 0. The molecular formula is C33H34N2O2. The average molecular weight is 491 g/mol. The molecular weight excluding hydrogens is 456 g/mol. The Balaban J connectivity index is 1.26. The number of hydrogen-bond acceptors (Lipinski definition) is 4. The van der Waals surface area contributed by atoms with Crippen molar-refractivity contribution in [1.29, 1.82) is 0 Å². The maximum atomic E-state index is 13.4. The number of pyridine rings is 1. The van der Waals surface area contributed by atoms with E-state index in [0.717, 1.165) is 53.0 Å². The Morgan fingerprint density at radius 3 is 2.49 bits per heavy atom. The van der Waals surface area contributed by atoms with Crippen LogP contribution in [0.4, 0.5) is 0 Å². The molecule has 0 amide bonds. The van der Waals surface area contributed by atoms with Crippen LogP contribution < -0.4 is 0 Å². The van der Waals surface area contributed by atoms with E-state index < -0.39 is 0 Å². The van der Waals surface area contributed by atoms with Crippen molar-refractivity contribution in [3.63, 3.8) is 0 Å². The van der Waals surface area contributed by atoms with Crippen molar-refractivity contribution < 1.29 is 9.53 Å². The van der Waals surface area contributed by atoms with Crippen LogP contribution in [0, 0.1) is 11.8 Å². The lowest BCUT2D eigenvalue weighted by Gasteiger charge is -2.51. The maximum absolute atomic E-state index is 13.4. The largest absolute Gasteiger partial charge is 0.456 e. The van der Waals surface area contributed by atoms with Crippen LogP contribution in [-0.2, 0) is 16.0 Å². The monoisotopic (exact) mass is 490 g/mol. The van der Waals surface area contributed by atoms with E-state index in [1.165, 1.54) is 18.4 Å². The number of fused-ring (bicyclic) bond motifs is 4. The fourth-order valence-electron chi connectivity index (χ4n) is 6.47. The molecule has 2 bridgehead atoms. The first kappa shape index (κ1) is 23.9. The third-order valence-electron chi connectivity index (χ3n) is 8.47. The summed E-state index contributed by atoms with van der Waals surface area (Å²) in [5, 5.41) is 1.07. The van der Waals surface area contributed by atoms with Crippen molar-refractivity contribution in [2.45, 2.75) is 44.8 Å². The Morgan fingerprint density at radius 1 is 0.973 bits per heavy atom. The minimum Gasteiger partial charge on any atom is -0.456 e. The van der Waals surface area contributed by atoms with E-state index in [1.807, 2.05) is 54.7 Å². The van der Waals surface area contributed by atoms with Crippen LogP contribution in [0.3, 0.4) is 0 Å². The van der Waals surface area contributed by atoms with Crippen LogP contribution in [0.15, 0.2) is 91.1 Å². The molecule has 5 atom stereocenters. The molecule has 3 fully saturated rings. The SMILES string of the molecule is CC[C@H]1CN2CC[C@@H]1C[C@@H]2[C@@H](OC(=O)Cc1ccc(-c2ccccc2)cc1)c1ccnc2ccccc12. The smallest absolute Gasteiger partial charge is 0.310 e. The van der Waals surface area contributed by atoms with E-state index in [0.29, 0.717) is 5.92 Å². The third-order valence-corrected chi connectivity index (χ3v) is 8.47. The van der Waals surface area contributed by atoms with Crippen molar-refractivity contribution >= 4 is 16.9 Å². The Bertz CT molecular complexity index is 1360. The lowest BCUT2D eigenvalue weighted by molar-refractivity contribution is -0.157. The van der Waals surface area contributed by atoms with E-state index in [1.54, 1.807) is 0 Å². The van der Waals surface area contributed by atoms with Crippen molar-refractivity contribution in [2.75, 3.05) is 13.1 Å². The summed E-state index contributed by atoms with van der Waals surface area (Å²) in [6, 6.07) is 29.0. The summed E-state index contributed by atoms with van der Waals surface area (Å²) >= 11 is 0. The Labute approximate surface area is 219 Å². The zero-order valence-corrected chi connectivity index (χ0v) is 21.4. The number of piperidine rings is 3. The molecule has 3 aliphatic heterocycles. The second-order valence-corrected chi connectivity index (χ2v) is 10.6. The van der Waals surface area contributed by atoms with E-state index in [-0.39, 0.29) is 24.5 Å². The Kier molecular flexibility index (Phi) is 6.75. The molecule has 1 unspecified atom stereocenters. The highest BCUT2D eigenvalue weighted by Gasteiger charge is 2.44. The van der Waals surface area contributed by atoms with Gasteiger partial charge < -0.3 is 4.74 Å². The highest BCUT2D eigenvalue weighted by Crippen LogP contribution is 2.44. The van der Waals surface area contributed by atoms with Gasteiger partial charge in [0.1, 0.15) is 6.10 Å². The molecule has 7 rings (SSSR count). The van der Waals surface area contributed by atoms with Crippen LogP contribution in [0.25, 0.3) is 22.0 Å². The van der Waals surface area contributed by atoms with Crippen molar-refractivity contribution in [1.82, 2.24) is 9.88 Å². The zero-order chi connectivity index (χ0) is 25.2. The first-order chi connectivity index (χ1) is 18.2. The van der Waals surface area contributed by atoms with Gasteiger partial charge in [-0.05, 0) is 60.0 Å². The number of para-hydroxylation sites is 1. The molecule has 4 heteroatoms. The topological polar surface area (TPSA) is 42.4 Å². The minimum absolute atomic E-state index is 0.173. The number of benzene rings is 3. The lowest BCUT2D eigenvalue weighted by Crippen LogP contribution is -2.55. The molecule has 37 heavy (non-hydrogen) atoms. The van der Waals surface area contributed by atoms with Gasteiger partial charge in [0, 0.05) is 23.7 Å².